The van der Waals surface area contributed by atoms with E-state index >= 15 is 0 Å². The smallest absolute Gasteiger partial charge is 0.0540 e. The third-order valence-corrected chi connectivity index (χ3v) is 7.19. The Hall–Kier alpha value is -5.08. The van der Waals surface area contributed by atoms with Gasteiger partial charge >= 0.3 is 0 Å². The highest BCUT2D eigenvalue weighted by molar-refractivity contribution is 6.13. The molecule has 0 radical (unpaired) electrons. The second-order valence-corrected chi connectivity index (χ2v) is 9.53. The van der Waals surface area contributed by atoms with Crippen molar-refractivity contribution in [3.8, 4) is 0 Å². The molecule has 38 heavy (non-hydrogen) atoms. The first-order chi connectivity index (χ1) is 18.8. The van der Waals surface area contributed by atoms with E-state index in [-0.39, 0.29) is 0 Å². The minimum Gasteiger partial charge on any atom is -0.355 e. The molecule has 0 amide bonds. The number of rotatable bonds is 5. The lowest BCUT2D eigenvalue weighted by Crippen LogP contribution is -2.10. The predicted octanol–water partition coefficient (Wildman–Crippen LogP) is 10.4. The Morgan fingerprint density at radius 2 is 0.974 bits per heavy atom. The Kier molecular flexibility index (Phi) is 5.49. The molecule has 0 bridgehead atoms. The SMILES string of the molecule is c1ccc(N(c2ccc(Nc3cc4ccccc4c4ccccc34)cc2)c2cccc3ccccc23)cc1. The summed E-state index contributed by atoms with van der Waals surface area (Å²) in [5.74, 6) is 0. The second kappa shape index (κ2) is 9.42. The Morgan fingerprint density at radius 1 is 0.395 bits per heavy atom. The van der Waals surface area contributed by atoms with E-state index in [1.54, 1.807) is 0 Å². The second-order valence-electron chi connectivity index (χ2n) is 9.53. The van der Waals surface area contributed by atoms with Crippen LogP contribution >= 0.6 is 0 Å². The molecular weight excluding hydrogens is 460 g/mol. The molecule has 0 aliphatic carbocycles. The van der Waals surface area contributed by atoms with Crippen LogP contribution in [0.4, 0.5) is 28.4 Å². The van der Waals surface area contributed by atoms with Crippen molar-refractivity contribution in [2.24, 2.45) is 0 Å². The van der Waals surface area contributed by atoms with Gasteiger partial charge in [-0.3, -0.25) is 0 Å². The molecule has 2 heteroatoms. The van der Waals surface area contributed by atoms with Gasteiger partial charge in [-0.15, -0.1) is 0 Å². The van der Waals surface area contributed by atoms with Crippen molar-refractivity contribution in [3.05, 3.63) is 152 Å². The van der Waals surface area contributed by atoms with E-state index in [1.807, 2.05) is 0 Å². The molecule has 7 aromatic rings. The van der Waals surface area contributed by atoms with Gasteiger partial charge in [-0.25, -0.2) is 0 Å². The molecule has 0 aliphatic rings. The van der Waals surface area contributed by atoms with Gasteiger partial charge in [0.05, 0.1) is 5.69 Å². The molecule has 2 nitrogen and oxygen atoms in total. The molecule has 0 aliphatic heterocycles. The van der Waals surface area contributed by atoms with Gasteiger partial charge in [0.15, 0.2) is 0 Å². The molecule has 7 aromatic carbocycles. The Balaban J connectivity index is 1.30. The first-order valence-electron chi connectivity index (χ1n) is 13.0. The van der Waals surface area contributed by atoms with Crippen molar-refractivity contribution in [2.75, 3.05) is 10.2 Å². The first-order valence-corrected chi connectivity index (χ1v) is 13.0. The Bertz CT molecular complexity index is 1880. The summed E-state index contributed by atoms with van der Waals surface area (Å²) in [4.78, 5) is 2.33. The molecule has 0 saturated heterocycles. The van der Waals surface area contributed by atoms with Gasteiger partial charge in [-0.05, 0) is 70.1 Å². The molecule has 0 heterocycles. The lowest BCUT2D eigenvalue weighted by atomic mass is 10.00. The summed E-state index contributed by atoms with van der Waals surface area (Å²) in [6.45, 7) is 0. The first kappa shape index (κ1) is 22.1. The summed E-state index contributed by atoms with van der Waals surface area (Å²) in [6.07, 6.45) is 0. The van der Waals surface area contributed by atoms with Crippen molar-refractivity contribution in [2.45, 2.75) is 0 Å². The van der Waals surface area contributed by atoms with Crippen LogP contribution in [0.15, 0.2) is 152 Å². The molecule has 1 N–H and O–H groups in total. The summed E-state index contributed by atoms with van der Waals surface area (Å²) in [7, 11) is 0. The highest BCUT2D eigenvalue weighted by Crippen LogP contribution is 2.39. The minimum absolute atomic E-state index is 1.06. The fraction of sp³-hybridized carbons (Fsp3) is 0. The third-order valence-electron chi connectivity index (χ3n) is 7.19. The van der Waals surface area contributed by atoms with Crippen LogP contribution < -0.4 is 10.2 Å². The summed E-state index contributed by atoms with van der Waals surface area (Å²) < 4.78 is 0. The average Bonchev–Trinajstić information content (AvgIpc) is 2.99. The molecule has 180 valence electrons. The van der Waals surface area contributed by atoms with Gasteiger partial charge in [-0.2, -0.15) is 0 Å². The molecule has 0 saturated carbocycles. The van der Waals surface area contributed by atoms with Crippen LogP contribution in [0.2, 0.25) is 0 Å². The summed E-state index contributed by atoms with van der Waals surface area (Å²) in [5.41, 5.74) is 5.57. The fourth-order valence-corrected chi connectivity index (χ4v) is 5.41. The van der Waals surface area contributed by atoms with E-state index < -0.39 is 0 Å². The number of nitrogens with one attached hydrogen (secondary N) is 1. The van der Waals surface area contributed by atoms with Crippen molar-refractivity contribution in [3.63, 3.8) is 0 Å². The number of anilines is 5. The largest absolute Gasteiger partial charge is 0.355 e. The van der Waals surface area contributed by atoms with E-state index in [0.29, 0.717) is 0 Å². The molecular formula is C36H26N2. The van der Waals surface area contributed by atoms with E-state index in [1.165, 1.54) is 32.3 Å². The van der Waals surface area contributed by atoms with Crippen LogP contribution in [0.3, 0.4) is 0 Å². The molecule has 7 rings (SSSR count). The highest BCUT2D eigenvalue weighted by Gasteiger charge is 2.15. The van der Waals surface area contributed by atoms with Crippen LogP contribution in [0, 0.1) is 0 Å². The topological polar surface area (TPSA) is 15.3 Å². The summed E-state index contributed by atoms with van der Waals surface area (Å²) >= 11 is 0. The molecule has 0 atom stereocenters. The van der Waals surface area contributed by atoms with Crippen molar-refractivity contribution in [1.29, 1.82) is 0 Å². The van der Waals surface area contributed by atoms with Gasteiger partial charge in [0.1, 0.15) is 0 Å². The van der Waals surface area contributed by atoms with E-state index in [4.69, 9.17) is 0 Å². The van der Waals surface area contributed by atoms with Gasteiger partial charge < -0.3 is 10.2 Å². The van der Waals surface area contributed by atoms with Crippen LogP contribution in [0.5, 0.6) is 0 Å². The molecule has 0 fully saturated rings. The van der Waals surface area contributed by atoms with E-state index in [2.05, 4.69) is 162 Å². The molecule has 0 spiro atoms. The lowest BCUT2D eigenvalue weighted by molar-refractivity contribution is 1.30. The van der Waals surface area contributed by atoms with Gasteiger partial charge in [0.2, 0.25) is 0 Å². The van der Waals surface area contributed by atoms with Gasteiger partial charge in [0, 0.05) is 33.5 Å². The van der Waals surface area contributed by atoms with Crippen molar-refractivity contribution in [1.82, 2.24) is 0 Å². The van der Waals surface area contributed by atoms with Crippen LogP contribution in [0.25, 0.3) is 32.3 Å². The lowest BCUT2D eigenvalue weighted by Gasteiger charge is -2.27. The highest BCUT2D eigenvalue weighted by atomic mass is 15.1. The van der Waals surface area contributed by atoms with Crippen molar-refractivity contribution < 1.29 is 0 Å². The molecule has 0 unspecified atom stereocenters. The number of hydrogen-bond donors (Lipinski definition) is 1. The van der Waals surface area contributed by atoms with Crippen molar-refractivity contribution >= 4 is 60.8 Å². The number of para-hydroxylation sites is 1. The third kappa shape index (κ3) is 3.93. The van der Waals surface area contributed by atoms with Crippen LogP contribution in [0.1, 0.15) is 0 Å². The molecule has 0 aromatic heterocycles. The zero-order chi connectivity index (χ0) is 25.3. The summed E-state index contributed by atoms with van der Waals surface area (Å²) in [6, 6.07) is 53.8. The van der Waals surface area contributed by atoms with Gasteiger partial charge in [0.25, 0.3) is 0 Å². The average molecular weight is 487 g/mol. The zero-order valence-corrected chi connectivity index (χ0v) is 20.9. The minimum atomic E-state index is 1.06. The van der Waals surface area contributed by atoms with Crippen LogP contribution in [-0.2, 0) is 0 Å². The predicted molar refractivity (Wildman–Crippen MR) is 163 cm³/mol. The standard InChI is InChI=1S/C36H26N2/c1-2-14-29(15-3-1)38(36-20-10-13-26-11-4-7-17-32(26)36)30-23-21-28(22-24-30)37-35-25-27-12-5-6-16-31(27)33-18-8-9-19-34(33)35/h1-25,37H. The van der Waals surface area contributed by atoms with Gasteiger partial charge in [-0.1, -0.05) is 103 Å². The van der Waals surface area contributed by atoms with Crippen LogP contribution in [-0.4, -0.2) is 0 Å². The number of benzene rings is 7. The summed E-state index contributed by atoms with van der Waals surface area (Å²) in [5, 5.41) is 11.1. The van der Waals surface area contributed by atoms with E-state index in [0.717, 1.165) is 28.4 Å². The quantitative estimate of drug-likeness (QED) is 0.243. The Morgan fingerprint density at radius 3 is 1.76 bits per heavy atom. The van der Waals surface area contributed by atoms with E-state index in [9.17, 15) is 0 Å². The number of hydrogen-bond acceptors (Lipinski definition) is 2. The zero-order valence-electron chi connectivity index (χ0n) is 20.9. The monoisotopic (exact) mass is 486 g/mol. The Labute approximate surface area is 222 Å². The number of fused-ring (bicyclic) bond motifs is 4. The normalized spacial score (nSPS) is 11.2. The maximum absolute atomic E-state index is 3.70. The maximum Gasteiger partial charge on any atom is 0.0540 e. The maximum atomic E-state index is 3.70. The number of nitrogens with zero attached hydrogens (tertiary/aromatic N) is 1. The fourth-order valence-electron chi connectivity index (χ4n) is 5.41.